The molecule has 32 heavy (non-hydrogen) atoms. The molecule has 13 heteroatoms. The molecule has 0 saturated heterocycles. The normalized spacial score (nSPS) is 14.4. The summed E-state index contributed by atoms with van der Waals surface area (Å²) >= 11 is 0. The zero-order valence-electron chi connectivity index (χ0n) is 16.3. The largest absolute Gasteiger partial charge is 0.433 e. The van der Waals surface area contributed by atoms with E-state index in [0.29, 0.717) is 11.6 Å². The van der Waals surface area contributed by atoms with Crippen molar-refractivity contribution >= 4 is 28.3 Å². The van der Waals surface area contributed by atoms with Crippen molar-refractivity contribution in [1.82, 2.24) is 14.4 Å². The van der Waals surface area contributed by atoms with Gasteiger partial charge in [-0.3, -0.25) is 13.6 Å². The van der Waals surface area contributed by atoms with Crippen molar-refractivity contribution in [2.75, 3.05) is 5.75 Å². The molecule has 2 aromatic heterocycles. The highest BCUT2D eigenvalue weighted by atomic mass is 32.2. The molecule has 2 heterocycles. The van der Waals surface area contributed by atoms with Crippen molar-refractivity contribution in [2.45, 2.75) is 24.2 Å². The highest BCUT2D eigenvalue weighted by molar-refractivity contribution is 7.85. The third kappa shape index (κ3) is 5.15. The SMILES string of the molecule is CCS(=O)c1cc(N=CC=C(N)C(F)(F)F)ccc1-c1cn2cnc(C(F)(F)F)cc2n1. The quantitative estimate of drug-likeness (QED) is 0.430. The van der Waals surface area contributed by atoms with Gasteiger partial charge in [0.05, 0.1) is 27.1 Å². The Kier molecular flexibility index (Phi) is 6.39. The molecular formula is C19H15F6N5OS. The Hall–Kier alpha value is -3.22. The second-order valence-electron chi connectivity index (χ2n) is 6.38. The summed E-state index contributed by atoms with van der Waals surface area (Å²) in [6, 6.07) is 5.14. The van der Waals surface area contributed by atoms with Crippen LogP contribution in [0.1, 0.15) is 12.6 Å². The van der Waals surface area contributed by atoms with Gasteiger partial charge in [-0.15, -0.1) is 0 Å². The molecule has 6 nitrogen and oxygen atoms in total. The fourth-order valence-electron chi connectivity index (χ4n) is 2.62. The summed E-state index contributed by atoms with van der Waals surface area (Å²) in [5.74, 6) is 0.217. The molecular weight excluding hydrogens is 460 g/mol. The minimum Gasteiger partial charge on any atom is -0.395 e. The first-order chi connectivity index (χ1) is 14.9. The Morgan fingerprint density at radius 1 is 1.22 bits per heavy atom. The van der Waals surface area contributed by atoms with E-state index in [4.69, 9.17) is 5.73 Å². The van der Waals surface area contributed by atoms with Crippen LogP contribution in [0.15, 0.2) is 58.5 Å². The predicted octanol–water partition coefficient (Wildman–Crippen LogP) is 4.65. The summed E-state index contributed by atoms with van der Waals surface area (Å²) in [5.41, 5.74) is 3.30. The standard InChI is InChI=1S/C19H15F6N5OS/c1-2-32(31)14-7-11(27-6-5-15(26)18(20,21)22)3-4-12(14)13-9-30-10-28-16(19(23,24)25)8-17(30)29-13/h3-10H,2,26H2,1H3. The van der Waals surface area contributed by atoms with Gasteiger partial charge in [0.1, 0.15) is 23.4 Å². The van der Waals surface area contributed by atoms with Crippen molar-refractivity contribution in [3.8, 4) is 11.3 Å². The summed E-state index contributed by atoms with van der Waals surface area (Å²) < 4.78 is 89.8. The fourth-order valence-corrected chi connectivity index (χ4v) is 3.60. The van der Waals surface area contributed by atoms with Crippen LogP contribution in [0.5, 0.6) is 0 Å². The number of halogens is 6. The van der Waals surface area contributed by atoms with E-state index >= 15 is 0 Å². The van der Waals surface area contributed by atoms with Gasteiger partial charge in [-0.25, -0.2) is 9.97 Å². The maximum Gasteiger partial charge on any atom is 0.433 e. The average molecular weight is 475 g/mol. The number of nitrogens with zero attached hydrogens (tertiary/aromatic N) is 4. The van der Waals surface area contributed by atoms with Crippen molar-refractivity contribution in [2.24, 2.45) is 10.7 Å². The van der Waals surface area contributed by atoms with Crippen LogP contribution in [0.25, 0.3) is 16.9 Å². The lowest BCUT2D eigenvalue weighted by molar-refractivity contribution is -0.141. The van der Waals surface area contributed by atoms with Crippen molar-refractivity contribution in [3.63, 3.8) is 0 Å². The molecule has 0 spiro atoms. The summed E-state index contributed by atoms with van der Waals surface area (Å²) in [5, 5.41) is 0. The first-order valence-electron chi connectivity index (χ1n) is 8.92. The summed E-state index contributed by atoms with van der Waals surface area (Å²) in [7, 11) is -1.52. The molecule has 0 aliphatic heterocycles. The number of hydrogen-bond donors (Lipinski definition) is 1. The van der Waals surface area contributed by atoms with E-state index < -0.39 is 34.5 Å². The molecule has 0 bridgehead atoms. The Bertz CT molecular complexity index is 1230. The molecule has 1 atom stereocenters. The molecule has 3 aromatic rings. The summed E-state index contributed by atoms with van der Waals surface area (Å²) in [6.45, 7) is 1.66. The average Bonchev–Trinajstić information content (AvgIpc) is 3.14. The number of hydrogen-bond acceptors (Lipinski definition) is 5. The highest BCUT2D eigenvalue weighted by Crippen LogP contribution is 2.32. The van der Waals surface area contributed by atoms with Crippen molar-refractivity contribution in [1.29, 1.82) is 0 Å². The Balaban J connectivity index is 2.02. The molecule has 0 saturated carbocycles. The van der Waals surface area contributed by atoms with Gasteiger partial charge in [0.15, 0.2) is 0 Å². The molecule has 0 radical (unpaired) electrons. The number of rotatable bonds is 5. The first kappa shape index (κ1) is 23.4. The topological polar surface area (TPSA) is 85.6 Å². The van der Waals surface area contributed by atoms with E-state index in [9.17, 15) is 30.6 Å². The molecule has 0 amide bonds. The zero-order valence-corrected chi connectivity index (χ0v) is 17.1. The second-order valence-corrected chi connectivity index (χ2v) is 8.08. The van der Waals surface area contributed by atoms with E-state index in [1.807, 2.05) is 0 Å². The highest BCUT2D eigenvalue weighted by Gasteiger charge is 2.33. The second kappa shape index (κ2) is 8.73. The number of imidazole rings is 1. The smallest absolute Gasteiger partial charge is 0.395 e. The van der Waals surface area contributed by atoms with Gasteiger partial charge in [0.2, 0.25) is 0 Å². The van der Waals surface area contributed by atoms with Gasteiger partial charge in [0, 0.05) is 29.8 Å². The third-order valence-electron chi connectivity index (χ3n) is 4.19. The van der Waals surface area contributed by atoms with Gasteiger partial charge in [-0.2, -0.15) is 26.3 Å². The molecule has 3 rings (SSSR count). The van der Waals surface area contributed by atoms with Gasteiger partial charge in [-0.1, -0.05) is 6.92 Å². The van der Waals surface area contributed by atoms with E-state index in [2.05, 4.69) is 15.0 Å². The Morgan fingerprint density at radius 3 is 2.56 bits per heavy atom. The monoisotopic (exact) mass is 475 g/mol. The molecule has 0 aliphatic rings. The zero-order chi connectivity index (χ0) is 23.7. The van der Waals surface area contributed by atoms with Crippen LogP contribution >= 0.6 is 0 Å². The number of aliphatic imine (C=N–C) groups is 1. The predicted molar refractivity (Wildman–Crippen MR) is 107 cm³/mol. The lowest BCUT2D eigenvalue weighted by Gasteiger charge is -2.07. The van der Waals surface area contributed by atoms with Crippen LogP contribution < -0.4 is 5.73 Å². The summed E-state index contributed by atoms with van der Waals surface area (Å²) in [4.78, 5) is 11.7. The molecule has 0 fully saturated rings. The fraction of sp³-hybridized carbons (Fsp3) is 0.211. The summed E-state index contributed by atoms with van der Waals surface area (Å²) in [6.07, 6.45) is -5.45. The number of nitrogens with two attached hydrogens (primary N) is 1. The molecule has 170 valence electrons. The van der Waals surface area contributed by atoms with Gasteiger partial charge >= 0.3 is 12.4 Å². The van der Waals surface area contributed by atoms with Crippen LogP contribution in [0.3, 0.4) is 0 Å². The Labute approximate surface area is 180 Å². The van der Waals surface area contributed by atoms with Crippen LogP contribution in [0, 0.1) is 0 Å². The van der Waals surface area contributed by atoms with Crippen LogP contribution in [0.4, 0.5) is 32.0 Å². The number of benzene rings is 1. The van der Waals surface area contributed by atoms with Gasteiger partial charge in [-0.05, 0) is 24.3 Å². The van der Waals surface area contributed by atoms with E-state index in [0.717, 1.165) is 18.6 Å². The van der Waals surface area contributed by atoms with Crippen molar-refractivity contribution < 1.29 is 30.6 Å². The van der Waals surface area contributed by atoms with E-state index in [1.165, 1.54) is 28.8 Å². The minimum absolute atomic E-state index is 0.00887. The molecule has 2 N–H and O–H groups in total. The van der Waals surface area contributed by atoms with Gasteiger partial charge in [0.25, 0.3) is 0 Å². The van der Waals surface area contributed by atoms with Crippen LogP contribution in [0.2, 0.25) is 0 Å². The maximum atomic E-state index is 12.9. The lowest BCUT2D eigenvalue weighted by Crippen LogP contribution is -2.19. The molecule has 1 aromatic carbocycles. The number of alkyl halides is 6. The third-order valence-corrected chi connectivity index (χ3v) is 5.54. The first-order valence-corrected chi connectivity index (χ1v) is 10.2. The van der Waals surface area contributed by atoms with E-state index in [1.54, 1.807) is 6.92 Å². The van der Waals surface area contributed by atoms with Gasteiger partial charge < -0.3 is 5.73 Å². The number of allylic oxidation sites excluding steroid dienone is 2. The minimum atomic E-state index is -4.69. The van der Waals surface area contributed by atoms with Crippen molar-refractivity contribution in [3.05, 3.63) is 54.3 Å². The molecule has 0 aliphatic carbocycles. The lowest BCUT2D eigenvalue weighted by atomic mass is 10.1. The van der Waals surface area contributed by atoms with Crippen LogP contribution in [-0.2, 0) is 17.0 Å². The Morgan fingerprint density at radius 2 is 1.94 bits per heavy atom. The number of fused-ring (bicyclic) bond motifs is 1. The molecule has 1 unspecified atom stereocenters. The maximum absolute atomic E-state index is 12.9. The van der Waals surface area contributed by atoms with Crippen LogP contribution in [-0.4, -0.2) is 36.7 Å². The number of aromatic nitrogens is 3. The van der Waals surface area contributed by atoms with E-state index in [-0.39, 0.29) is 27.7 Å².